The van der Waals surface area contributed by atoms with Gasteiger partial charge < -0.3 is 10.6 Å². The first kappa shape index (κ1) is 16.0. The fraction of sp³-hybridized carbons (Fsp3) is 0.611. The fourth-order valence-electron chi connectivity index (χ4n) is 2.98. The first-order valence-electron chi connectivity index (χ1n) is 8.06. The van der Waals surface area contributed by atoms with Crippen molar-refractivity contribution in [2.24, 2.45) is 11.1 Å². The minimum Gasteiger partial charge on any atom is -0.343 e. The maximum Gasteiger partial charge on any atom is 0.222 e. The van der Waals surface area contributed by atoms with E-state index in [2.05, 4.69) is 13.8 Å². The zero-order chi connectivity index (χ0) is 15.3. The molecule has 0 spiro atoms. The van der Waals surface area contributed by atoms with Gasteiger partial charge in [-0.3, -0.25) is 4.79 Å². The molecule has 0 bridgehead atoms. The van der Waals surface area contributed by atoms with Crippen molar-refractivity contribution in [2.75, 3.05) is 13.1 Å². The predicted octanol–water partition coefficient (Wildman–Crippen LogP) is 3.51. The molecular weight excluding hydrogens is 260 g/mol. The molecule has 1 aromatic rings. The highest BCUT2D eigenvalue weighted by Gasteiger charge is 2.25. The summed E-state index contributed by atoms with van der Waals surface area (Å²) >= 11 is 0. The van der Waals surface area contributed by atoms with Gasteiger partial charge in [-0.15, -0.1) is 0 Å². The summed E-state index contributed by atoms with van der Waals surface area (Å²) in [4.78, 5) is 14.4. The van der Waals surface area contributed by atoms with Crippen LogP contribution in [0.15, 0.2) is 30.3 Å². The van der Waals surface area contributed by atoms with Crippen LogP contribution < -0.4 is 5.73 Å². The third-order valence-electron chi connectivity index (χ3n) is 4.59. The zero-order valence-electron chi connectivity index (χ0n) is 13.3. The van der Waals surface area contributed by atoms with E-state index in [9.17, 15) is 4.79 Å². The normalized spacial score (nSPS) is 19.9. The minimum absolute atomic E-state index is 0.0430. The molecule has 0 aliphatic carbocycles. The number of amides is 1. The second-order valence-corrected chi connectivity index (χ2v) is 6.95. The summed E-state index contributed by atoms with van der Waals surface area (Å²) in [6.07, 6.45) is 4.70. The number of likely N-dealkylation sites (tertiary alicyclic amines) is 1. The molecule has 0 aromatic heterocycles. The molecule has 1 fully saturated rings. The van der Waals surface area contributed by atoms with Gasteiger partial charge in [0.2, 0.25) is 5.91 Å². The van der Waals surface area contributed by atoms with E-state index in [1.54, 1.807) is 0 Å². The smallest absolute Gasteiger partial charge is 0.222 e. The molecule has 1 aliphatic heterocycles. The lowest BCUT2D eigenvalue weighted by Gasteiger charge is -2.24. The highest BCUT2D eigenvalue weighted by atomic mass is 16.2. The highest BCUT2D eigenvalue weighted by Crippen LogP contribution is 2.30. The van der Waals surface area contributed by atoms with Gasteiger partial charge in [0.15, 0.2) is 0 Å². The number of nitrogens with two attached hydrogens (primary N) is 1. The highest BCUT2D eigenvalue weighted by molar-refractivity contribution is 5.76. The molecular formula is C18H28N2O. The van der Waals surface area contributed by atoms with Crippen molar-refractivity contribution in [3.8, 4) is 0 Å². The van der Waals surface area contributed by atoms with Crippen molar-refractivity contribution < 1.29 is 4.79 Å². The van der Waals surface area contributed by atoms with Crippen molar-refractivity contribution in [1.82, 2.24) is 4.90 Å². The summed E-state index contributed by atoms with van der Waals surface area (Å²) in [6.45, 7) is 6.40. The average molecular weight is 288 g/mol. The molecule has 1 atom stereocenters. The average Bonchev–Trinajstić information content (AvgIpc) is 2.66. The van der Waals surface area contributed by atoms with Crippen LogP contribution >= 0.6 is 0 Å². The third-order valence-corrected chi connectivity index (χ3v) is 4.59. The molecule has 0 radical (unpaired) electrons. The van der Waals surface area contributed by atoms with Crippen LogP contribution in [0.5, 0.6) is 0 Å². The number of hydrogen-bond donors (Lipinski definition) is 1. The molecule has 2 N–H and O–H groups in total. The van der Waals surface area contributed by atoms with E-state index in [0.29, 0.717) is 11.8 Å². The lowest BCUT2D eigenvalue weighted by molar-refractivity contribution is -0.131. The summed E-state index contributed by atoms with van der Waals surface area (Å²) in [7, 11) is 0. The Bertz CT molecular complexity index is 456. The quantitative estimate of drug-likeness (QED) is 0.921. The zero-order valence-corrected chi connectivity index (χ0v) is 13.3. The van der Waals surface area contributed by atoms with Crippen LogP contribution in [-0.4, -0.2) is 23.9 Å². The lowest BCUT2D eigenvalue weighted by atomic mass is 9.85. The summed E-state index contributed by atoms with van der Waals surface area (Å²) in [5.74, 6) is 0.263. The van der Waals surface area contributed by atoms with Crippen molar-refractivity contribution >= 4 is 5.91 Å². The Kier molecular flexibility index (Phi) is 5.40. The van der Waals surface area contributed by atoms with E-state index >= 15 is 0 Å². The largest absolute Gasteiger partial charge is 0.343 e. The molecule has 116 valence electrons. The molecule has 3 heteroatoms. The number of nitrogens with zero attached hydrogens (tertiary/aromatic N) is 1. The second kappa shape index (κ2) is 7.08. The minimum atomic E-state index is -0.0430. The summed E-state index contributed by atoms with van der Waals surface area (Å²) in [5, 5.41) is 0. The number of benzene rings is 1. The van der Waals surface area contributed by atoms with Crippen LogP contribution in [0.1, 0.15) is 57.6 Å². The summed E-state index contributed by atoms with van der Waals surface area (Å²) < 4.78 is 0. The molecule has 1 saturated heterocycles. The molecule has 0 saturated carbocycles. The molecule has 1 aromatic carbocycles. The van der Waals surface area contributed by atoms with Gasteiger partial charge >= 0.3 is 0 Å². The standard InChI is InChI=1S/C18H28N2O/c1-18(2)11-6-13-20(14-12-18)17(21)10-9-16(19)15-7-4-3-5-8-15/h3-5,7-8,16H,6,9-14,19H2,1-2H3. The van der Waals surface area contributed by atoms with E-state index in [1.165, 1.54) is 6.42 Å². The Labute approximate surface area is 128 Å². The van der Waals surface area contributed by atoms with Gasteiger partial charge in [-0.25, -0.2) is 0 Å². The van der Waals surface area contributed by atoms with Gasteiger partial charge in [-0.1, -0.05) is 44.2 Å². The van der Waals surface area contributed by atoms with Crippen LogP contribution in [0.2, 0.25) is 0 Å². The molecule has 1 amide bonds. The first-order valence-corrected chi connectivity index (χ1v) is 8.06. The molecule has 1 unspecified atom stereocenters. The molecule has 1 heterocycles. The Morgan fingerprint density at radius 2 is 1.95 bits per heavy atom. The SMILES string of the molecule is CC1(C)CCCN(C(=O)CCC(N)c2ccccc2)CC1. The summed E-state index contributed by atoms with van der Waals surface area (Å²) in [6, 6.07) is 9.99. The van der Waals surface area contributed by atoms with Gasteiger partial charge in [0.25, 0.3) is 0 Å². The van der Waals surface area contributed by atoms with Crippen molar-refractivity contribution in [3.05, 3.63) is 35.9 Å². The molecule has 1 aliphatic rings. The van der Waals surface area contributed by atoms with Crippen molar-refractivity contribution in [1.29, 1.82) is 0 Å². The van der Waals surface area contributed by atoms with E-state index < -0.39 is 0 Å². The van der Waals surface area contributed by atoms with Gasteiger partial charge in [0, 0.05) is 25.6 Å². The fourth-order valence-corrected chi connectivity index (χ4v) is 2.98. The van der Waals surface area contributed by atoms with E-state index in [-0.39, 0.29) is 11.9 Å². The number of rotatable bonds is 4. The van der Waals surface area contributed by atoms with Crippen LogP contribution in [0.4, 0.5) is 0 Å². The number of carbonyl (C=O) groups excluding carboxylic acids is 1. The van der Waals surface area contributed by atoms with Crippen LogP contribution in [0.3, 0.4) is 0 Å². The Balaban J connectivity index is 1.82. The number of hydrogen-bond acceptors (Lipinski definition) is 2. The topological polar surface area (TPSA) is 46.3 Å². The first-order chi connectivity index (χ1) is 9.98. The Morgan fingerprint density at radius 3 is 2.67 bits per heavy atom. The van der Waals surface area contributed by atoms with Gasteiger partial charge in [0.1, 0.15) is 0 Å². The van der Waals surface area contributed by atoms with Crippen molar-refractivity contribution in [3.63, 3.8) is 0 Å². The van der Waals surface area contributed by atoms with Gasteiger partial charge in [0.05, 0.1) is 0 Å². The van der Waals surface area contributed by atoms with Gasteiger partial charge in [-0.2, -0.15) is 0 Å². The predicted molar refractivity (Wildman–Crippen MR) is 86.8 cm³/mol. The lowest BCUT2D eigenvalue weighted by Crippen LogP contribution is -2.32. The number of carbonyl (C=O) groups is 1. The molecule has 3 nitrogen and oxygen atoms in total. The van der Waals surface area contributed by atoms with E-state index in [4.69, 9.17) is 5.73 Å². The van der Waals surface area contributed by atoms with Crippen LogP contribution in [0.25, 0.3) is 0 Å². The molecule has 2 rings (SSSR count). The monoisotopic (exact) mass is 288 g/mol. The summed E-state index contributed by atoms with van der Waals surface area (Å²) in [5.41, 5.74) is 7.66. The maximum absolute atomic E-state index is 12.4. The second-order valence-electron chi connectivity index (χ2n) is 6.95. The van der Waals surface area contributed by atoms with Crippen molar-refractivity contribution in [2.45, 2.75) is 52.0 Å². The van der Waals surface area contributed by atoms with Crippen LogP contribution in [-0.2, 0) is 4.79 Å². The Hall–Kier alpha value is -1.35. The van der Waals surface area contributed by atoms with E-state index in [0.717, 1.165) is 37.9 Å². The van der Waals surface area contributed by atoms with E-state index in [1.807, 2.05) is 35.2 Å². The third kappa shape index (κ3) is 4.85. The van der Waals surface area contributed by atoms with Crippen LogP contribution in [0, 0.1) is 5.41 Å². The molecule has 21 heavy (non-hydrogen) atoms. The Morgan fingerprint density at radius 1 is 1.24 bits per heavy atom. The van der Waals surface area contributed by atoms with Gasteiger partial charge in [-0.05, 0) is 36.7 Å². The maximum atomic E-state index is 12.4.